The Balaban J connectivity index is 1.66. The number of hydrogen-bond acceptors (Lipinski definition) is 3. The van der Waals surface area contributed by atoms with Crippen LogP contribution in [-0.2, 0) is 11.3 Å². The Morgan fingerprint density at radius 3 is 2.50 bits per heavy atom. The Bertz CT molecular complexity index is 760. The van der Waals surface area contributed by atoms with Crippen LogP contribution in [0.25, 0.3) is 0 Å². The van der Waals surface area contributed by atoms with Crippen LogP contribution in [0, 0.1) is 5.82 Å². The number of anilines is 1. The van der Waals surface area contributed by atoms with Gasteiger partial charge in [-0.1, -0.05) is 12.1 Å². The minimum atomic E-state index is -0.246. The lowest BCUT2D eigenvalue weighted by Crippen LogP contribution is -3.13. The van der Waals surface area contributed by atoms with Gasteiger partial charge in [0.15, 0.2) is 6.54 Å². The van der Waals surface area contributed by atoms with Crippen LogP contribution in [0.2, 0.25) is 0 Å². The fourth-order valence-corrected chi connectivity index (χ4v) is 3.02. The van der Waals surface area contributed by atoms with Crippen molar-refractivity contribution in [1.82, 2.24) is 0 Å². The van der Waals surface area contributed by atoms with Crippen molar-refractivity contribution in [2.24, 2.45) is 0 Å². The van der Waals surface area contributed by atoms with E-state index >= 15 is 0 Å². The van der Waals surface area contributed by atoms with Gasteiger partial charge >= 0.3 is 0 Å². The van der Waals surface area contributed by atoms with Crippen molar-refractivity contribution in [3.63, 3.8) is 0 Å². The number of ether oxygens (including phenoxy) is 2. The minimum absolute atomic E-state index is 0.0828. The zero-order valence-corrected chi connectivity index (χ0v) is 15.0. The zero-order chi connectivity index (χ0) is 18.5. The molecule has 0 heterocycles. The highest BCUT2D eigenvalue weighted by Gasteiger charge is 2.34. The predicted octanol–water partition coefficient (Wildman–Crippen LogP) is 2.03. The van der Waals surface area contributed by atoms with Crippen molar-refractivity contribution >= 4 is 11.6 Å². The van der Waals surface area contributed by atoms with E-state index in [-0.39, 0.29) is 11.7 Å². The number of carbonyl (C=O) groups is 1. The van der Waals surface area contributed by atoms with E-state index in [1.807, 2.05) is 0 Å². The Labute approximate surface area is 152 Å². The molecular weight excluding hydrogens is 335 g/mol. The number of halogens is 1. The molecule has 1 fully saturated rings. The van der Waals surface area contributed by atoms with Crippen molar-refractivity contribution in [2.45, 2.75) is 25.4 Å². The highest BCUT2D eigenvalue weighted by molar-refractivity contribution is 5.93. The standard InChI is InChI=1S/C20H23FN2O3/c1-25-17-9-10-19(26-2)18(11-17)22-20(24)13-23(16-7-8-16)12-14-3-5-15(21)6-4-14/h3-6,9-11,16H,7-8,12-13H2,1-2H3,(H,22,24)/p+1. The molecule has 138 valence electrons. The number of nitrogens with one attached hydrogen (secondary N) is 2. The minimum Gasteiger partial charge on any atom is -0.497 e. The molecule has 1 aliphatic carbocycles. The van der Waals surface area contributed by atoms with Gasteiger partial charge < -0.3 is 19.7 Å². The third kappa shape index (κ3) is 4.73. The SMILES string of the molecule is COc1ccc(OC)c(NC(=O)C[NH+](Cc2ccc(F)cc2)C2CC2)c1. The first-order chi connectivity index (χ1) is 12.6. The van der Waals surface area contributed by atoms with Crippen LogP contribution in [-0.4, -0.2) is 32.7 Å². The molecule has 0 spiro atoms. The molecule has 0 saturated heterocycles. The number of rotatable bonds is 8. The fourth-order valence-electron chi connectivity index (χ4n) is 3.02. The topological polar surface area (TPSA) is 52.0 Å². The number of hydrogen-bond donors (Lipinski definition) is 2. The molecule has 0 radical (unpaired) electrons. The van der Waals surface area contributed by atoms with Crippen LogP contribution in [0.15, 0.2) is 42.5 Å². The summed E-state index contributed by atoms with van der Waals surface area (Å²) in [4.78, 5) is 13.8. The van der Waals surface area contributed by atoms with E-state index in [0.29, 0.717) is 36.3 Å². The van der Waals surface area contributed by atoms with Gasteiger partial charge in [-0.05, 0) is 24.3 Å². The van der Waals surface area contributed by atoms with Crippen LogP contribution < -0.4 is 19.7 Å². The first-order valence-corrected chi connectivity index (χ1v) is 8.70. The largest absolute Gasteiger partial charge is 0.497 e. The summed E-state index contributed by atoms with van der Waals surface area (Å²) in [7, 11) is 3.14. The summed E-state index contributed by atoms with van der Waals surface area (Å²) in [6.45, 7) is 1.05. The highest BCUT2D eigenvalue weighted by Crippen LogP contribution is 2.28. The molecule has 0 aliphatic heterocycles. The maximum atomic E-state index is 13.1. The summed E-state index contributed by atoms with van der Waals surface area (Å²) in [6, 6.07) is 12.2. The van der Waals surface area contributed by atoms with E-state index in [1.54, 1.807) is 44.6 Å². The van der Waals surface area contributed by atoms with Crippen LogP contribution in [0.4, 0.5) is 10.1 Å². The van der Waals surface area contributed by atoms with Gasteiger partial charge in [0.2, 0.25) is 0 Å². The maximum absolute atomic E-state index is 13.1. The first kappa shape index (κ1) is 18.2. The first-order valence-electron chi connectivity index (χ1n) is 8.70. The van der Waals surface area contributed by atoms with Gasteiger partial charge in [-0.3, -0.25) is 4.79 Å². The van der Waals surface area contributed by atoms with Gasteiger partial charge in [0.1, 0.15) is 23.9 Å². The summed E-state index contributed by atoms with van der Waals surface area (Å²) in [5.41, 5.74) is 1.62. The van der Waals surface area contributed by atoms with Gasteiger partial charge in [0, 0.05) is 24.5 Å². The number of carbonyl (C=O) groups excluding carboxylic acids is 1. The van der Waals surface area contributed by atoms with Crippen LogP contribution in [0.3, 0.4) is 0 Å². The molecule has 3 rings (SSSR count). The summed E-state index contributed by atoms with van der Waals surface area (Å²) in [6.07, 6.45) is 2.23. The second-order valence-corrected chi connectivity index (χ2v) is 6.53. The Kier molecular flexibility index (Phi) is 5.73. The van der Waals surface area contributed by atoms with E-state index in [4.69, 9.17) is 9.47 Å². The lowest BCUT2D eigenvalue weighted by Gasteiger charge is -2.19. The Hall–Kier alpha value is -2.60. The second kappa shape index (κ2) is 8.19. The molecule has 1 unspecified atom stereocenters. The summed E-state index contributed by atoms with van der Waals surface area (Å²) < 4.78 is 23.6. The molecule has 2 aromatic rings. The number of quaternary nitrogens is 1. The maximum Gasteiger partial charge on any atom is 0.279 e. The number of benzene rings is 2. The van der Waals surface area contributed by atoms with Crippen LogP contribution in [0.1, 0.15) is 18.4 Å². The molecular formula is C20H24FN2O3+. The van der Waals surface area contributed by atoms with Crippen LogP contribution >= 0.6 is 0 Å². The van der Waals surface area contributed by atoms with Crippen molar-refractivity contribution in [1.29, 1.82) is 0 Å². The summed E-state index contributed by atoms with van der Waals surface area (Å²) >= 11 is 0. The molecule has 0 bridgehead atoms. The van der Waals surface area contributed by atoms with E-state index < -0.39 is 0 Å². The Morgan fingerprint density at radius 2 is 1.88 bits per heavy atom. The van der Waals surface area contributed by atoms with Gasteiger partial charge in [-0.25, -0.2) is 4.39 Å². The van der Waals surface area contributed by atoms with E-state index in [0.717, 1.165) is 18.4 Å². The molecule has 2 aromatic carbocycles. The zero-order valence-electron chi connectivity index (χ0n) is 15.0. The fraction of sp³-hybridized carbons (Fsp3) is 0.350. The monoisotopic (exact) mass is 359 g/mol. The third-order valence-corrected chi connectivity index (χ3v) is 4.57. The lowest BCUT2D eigenvalue weighted by atomic mass is 10.2. The molecule has 6 heteroatoms. The van der Waals surface area contributed by atoms with Crippen molar-refractivity contribution < 1.29 is 23.6 Å². The van der Waals surface area contributed by atoms with Crippen LogP contribution in [0.5, 0.6) is 11.5 Å². The number of amides is 1. The highest BCUT2D eigenvalue weighted by atomic mass is 19.1. The summed E-state index contributed by atoms with van der Waals surface area (Å²) in [5.74, 6) is 0.912. The van der Waals surface area contributed by atoms with Crippen molar-refractivity contribution in [2.75, 3.05) is 26.1 Å². The second-order valence-electron chi connectivity index (χ2n) is 6.53. The number of methoxy groups -OCH3 is 2. The van der Waals surface area contributed by atoms with E-state index in [9.17, 15) is 9.18 Å². The van der Waals surface area contributed by atoms with Gasteiger partial charge in [-0.2, -0.15) is 0 Å². The smallest absolute Gasteiger partial charge is 0.279 e. The average Bonchev–Trinajstić information content (AvgIpc) is 3.48. The average molecular weight is 359 g/mol. The molecule has 0 aromatic heterocycles. The van der Waals surface area contributed by atoms with Gasteiger partial charge in [-0.15, -0.1) is 0 Å². The predicted molar refractivity (Wildman–Crippen MR) is 97.1 cm³/mol. The molecule has 1 saturated carbocycles. The van der Waals surface area contributed by atoms with E-state index in [2.05, 4.69) is 5.32 Å². The van der Waals surface area contributed by atoms with Gasteiger partial charge in [0.05, 0.1) is 25.9 Å². The molecule has 2 N–H and O–H groups in total. The van der Waals surface area contributed by atoms with Crippen molar-refractivity contribution in [3.05, 3.63) is 53.8 Å². The lowest BCUT2D eigenvalue weighted by molar-refractivity contribution is -0.916. The van der Waals surface area contributed by atoms with Gasteiger partial charge in [0.25, 0.3) is 5.91 Å². The van der Waals surface area contributed by atoms with E-state index in [1.165, 1.54) is 17.0 Å². The molecule has 26 heavy (non-hydrogen) atoms. The van der Waals surface area contributed by atoms with Crippen molar-refractivity contribution in [3.8, 4) is 11.5 Å². The molecule has 1 atom stereocenters. The Morgan fingerprint density at radius 1 is 1.15 bits per heavy atom. The third-order valence-electron chi connectivity index (χ3n) is 4.57. The summed E-state index contributed by atoms with van der Waals surface area (Å²) in [5, 5.41) is 2.92. The molecule has 5 nitrogen and oxygen atoms in total. The molecule has 1 amide bonds. The normalized spacial score (nSPS) is 14.6. The molecule has 1 aliphatic rings. The quantitative estimate of drug-likeness (QED) is 0.758.